The van der Waals surface area contributed by atoms with Gasteiger partial charge in [0.15, 0.2) is 9.84 Å². The van der Waals surface area contributed by atoms with Crippen LogP contribution in [-0.2, 0) is 9.84 Å². The van der Waals surface area contributed by atoms with Crippen LogP contribution >= 0.6 is 0 Å². The van der Waals surface area contributed by atoms with Gasteiger partial charge in [-0.25, -0.2) is 13.2 Å². The first-order valence-corrected chi connectivity index (χ1v) is 8.71. The molecule has 0 fully saturated rings. The summed E-state index contributed by atoms with van der Waals surface area (Å²) in [5.74, 6) is -0.528. The molecule has 24 heavy (non-hydrogen) atoms. The highest BCUT2D eigenvalue weighted by molar-refractivity contribution is 7.90. The first kappa shape index (κ1) is 15.9. The Bertz CT molecular complexity index is 990. The Morgan fingerprint density at radius 1 is 0.917 bits per heavy atom. The van der Waals surface area contributed by atoms with E-state index < -0.39 is 15.8 Å². The molecule has 7 nitrogen and oxygen atoms in total. The van der Waals surface area contributed by atoms with E-state index in [1.807, 2.05) is 0 Å². The number of aromatic nitrogens is 2. The van der Waals surface area contributed by atoms with Crippen molar-refractivity contribution in [1.82, 2.24) is 10.2 Å². The second-order valence-corrected chi connectivity index (χ2v) is 7.11. The first-order valence-electron chi connectivity index (χ1n) is 6.82. The Morgan fingerprint density at radius 2 is 1.38 bits per heavy atom. The molecule has 1 heterocycles. The van der Waals surface area contributed by atoms with Gasteiger partial charge in [-0.05, 0) is 48.5 Å². The molecule has 0 radical (unpaired) electrons. The van der Waals surface area contributed by atoms with E-state index >= 15 is 0 Å². The largest absolute Gasteiger partial charge is 0.478 e. The monoisotopic (exact) mass is 344 g/mol. The molecule has 0 aliphatic rings. The Balaban J connectivity index is 1.89. The van der Waals surface area contributed by atoms with E-state index in [2.05, 4.69) is 10.2 Å². The summed E-state index contributed by atoms with van der Waals surface area (Å²) in [7, 11) is -3.27. The second kappa shape index (κ2) is 5.89. The quantitative estimate of drug-likeness (QED) is 0.774. The minimum Gasteiger partial charge on any atom is -0.478 e. The van der Waals surface area contributed by atoms with Gasteiger partial charge in [0, 0.05) is 17.4 Å². The number of benzene rings is 2. The summed E-state index contributed by atoms with van der Waals surface area (Å²) in [5.41, 5.74) is 1.34. The third-order valence-electron chi connectivity index (χ3n) is 3.33. The number of rotatable bonds is 4. The molecule has 0 saturated heterocycles. The van der Waals surface area contributed by atoms with Crippen molar-refractivity contribution < 1.29 is 22.7 Å². The predicted octanol–water partition coefficient (Wildman–Crippen LogP) is 2.51. The number of carbonyl (C=O) groups is 1. The van der Waals surface area contributed by atoms with Crippen molar-refractivity contribution in [3.8, 4) is 22.9 Å². The van der Waals surface area contributed by atoms with Crippen LogP contribution in [0.1, 0.15) is 10.4 Å². The van der Waals surface area contributed by atoms with Gasteiger partial charge in [-0.2, -0.15) is 0 Å². The summed E-state index contributed by atoms with van der Waals surface area (Å²) in [5, 5.41) is 16.7. The number of carboxylic acid groups (broad SMARTS) is 1. The summed E-state index contributed by atoms with van der Waals surface area (Å²) in [6.45, 7) is 0. The molecular formula is C16H12N2O5S. The number of hydrogen-bond donors (Lipinski definition) is 1. The number of nitrogens with zero attached hydrogens (tertiary/aromatic N) is 2. The summed E-state index contributed by atoms with van der Waals surface area (Å²) < 4.78 is 28.5. The van der Waals surface area contributed by atoms with Crippen LogP contribution in [0.4, 0.5) is 0 Å². The molecule has 122 valence electrons. The van der Waals surface area contributed by atoms with E-state index in [1.165, 1.54) is 24.3 Å². The van der Waals surface area contributed by atoms with Gasteiger partial charge in [0.2, 0.25) is 11.8 Å². The normalized spacial score (nSPS) is 11.4. The zero-order valence-electron chi connectivity index (χ0n) is 12.5. The summed E-state index contributed by atoms with van der Waals surface area (Å²) in [6, 6.07) is 12.2. The lowest BCUT2D eigenvalue weighted by Gasteiger charge is -1.99. The molecule has 2 aromatic carbocycles. The van der Waals surface area contributed by atoms with Crippen molar-refractivity contribution in [2.45, 2.75) is 4.90 Å². The molecule has 1 aromatic heterocycles. The van der Waals surface area contributed by atoms with E-state index in [9.17, 15) is 13.2 Å². The van der Waals surface area contributed by atoms with E-state index in [-0.39, 0.29) is 22.2 Å². The fourth-order valence-electron chi connectivity index (χ4n) is 2.06. The minimum absolute atomic E-state index is 0.162. The predicted molar refractivity (Wildman–Crippen MR) is 85.2 cm³/mol. The summed E-state index contributed by atoms with van der Waals surface area (Å²) in [4.78, 5) is 11.0. The van der Waals surface area contributed by atoms with Gasteiger partial charge in [-0.3, -0.25) is 0 Å². The Hall–Kier alpha value is -3.00. The molecule has 0 atom stereocenters. The highest BCUT2D eigenvalue weighted by Crippen LogP contribution is 2.25. The molecule has 0 unspecified atom stereocenters. The SMILES string of the molecule is CS(=O)(=O)c1ccc(-c2nnc(-c3ccc(C(=O)O)cc3)o2)cc1. The third-order valence-corrected chi connectivity index (χ3v) is 4.46. The number of carboxylic acids is 1. The fourth-order valence-corrected chi connectivity index (χ4v) is 2.69. The van der Waals surface area contributed by atoms with E-state index in [4.69, 9.17) is 9.52 Å². The lowest BCUT2D eigenvalue weighted by atomic mass is 10.1. The van der Waals surface area contributed by atoms with Crippen molar-refractivity contribution in [1.29, 1.82) is 0 Å². The van der Waals surface area contributed by atoms with Gasteiger partial charge in [0.1, 0.15) is 0 Å². The van der Waals surface area contributed by atoms with Gasteiger partial charge >= 0.3 is 5.97 Å². The molecule has 0 aliphatic carbocycles. The van der Waals surface area contributed by atoms with E-state index in [1.54, 1.807) is 24.3 Å². The highest BCUT2D eigenvalue weighted by Gasteiger charge is 2.13. The molecule has 3 aromatic rings. The zero-order valence-corrected chi connectivity index (χ0v) is 13.3. The maximum absolute atomic E-state index is 11.5. The van der Waals surface area contributed by atoms with Crippen LogP contribution in [0.3, 0.4) is 0 Å². The lowest BCUT2D eigenvalue weighted by molar-refractivity contribution is 0.0697. The number of sulfone groups is 1. The van der Waals surface area contributed by atoms with Gasteiger partial charge in [0.05, 0.1) is 10.5 Å². The average molecular weight is 344 g/mol. The molecule has 8 heteroatoms. The van der Waals surface area contributed by atoms with Gasteiger partial charge in [0.25, 0.3) is 0 Å². The lowest BCUT2D eigenvalue weighted by Crippen LogP contribution is -1.96. The van der Waals surface area contributed by atoms with Crippen LogP contribution in [0.2, 0.25) is 0 Å². The highest BCUT2D eigenvalue weighted by atomic mass is 32.2. The average Bonchev–Trinajstić information content (AvgIpc) is 3.04. The topological polar surface area (TPSA) is 110 Å². The molecule has 0 amide bonds. The molecule has 1 N–H and O–H groups in total. The van der Waals surface area contributed by atoms with Crippen molar-refractivity contribution in [2.75, 3.05) is 6.26 Å². The molecule has 3 rings (SSSR count). The maximum atomic E-state index is 11.5. The first-order chi connectivity index (χ1) is 11.3. The summed E-state index contributed by atoms with van der Waals surface area (Å²) in [6.07, 6.45) is 1.13. The molecule has 0 spiro atoms. The minimum atomic E-state index is -3.27. The van der Waals surface area contributed by atoms with Crippen LogP contribution in [-0.4, -0.2) is 35.9 Å². The van der Waals surface area contributed by atoms with Crippen molar-refractivity contribution in [3.05, 3.63) is 54.1 Å². The Labute approximate surface area is 137 Å². The maximum Gasteiger partial charge on any atom is 0.335 e. The molecular weight excluding hydrogens is 332 g/mol. The molecule has 0 bridgehead atoms. The third kappa shape index (κ3) is 3.18. The van der Waals surface area contributed by atoms with Gasteiger partial charge in [-0.1, -0.05) is 0 Å². The van der Waals surface area contributed by atoms with E-state index in [0.717, 1.165) is 6.26 Å². The molecule has 0 saturated carbocycles. The van der Waals surface area contributed by atoms with Crippen LogP contribution < -0.4 is 0 Å². The van der Waals surface area contributed by atoms with Crippen molar-refractivity contribution in [2.24, 2.45) is 0 Å². The smallest absolute Gasteiger partial charge is 0.335 e. The van der Waals surface area contributed by atoms with E-state index in [0.29, 0.717) is 11.1 Å². The Morgan fingerprint density at radius 3 is 1.79 bits per heavy atom. The summed E-state index contributed by atoms with van der Waals surface area (Å²) >= 11 is 0. The fraction of sp³-hybridized carbons (Fsp3) is 0.0625. The second-order valence-electron chi connectivity index (χ2n) is 5.09. The van der Waals surface area contributed by atoms with Gasteiger partial charge < -0.3 is 9.52 Å². The van der Waals surface area contributed by atoms with Crippen LogP contribution in [0, 0.1) is 0 Å². The van der Waals surface area contributed by atoms with Crippen LogP contribution in [0.15, 0.2) is 57.8 Å². The number of aromatic carboxylic acids is 1. The Kier molecular flexibility index (Phi) is 3.90. The van der Waals surface area contributed by atoms with Crippen LogP contribution in [0.25, 0.3) is 22.9 Å². The zero-order chi connectivity index (χ0) is 17.3. The van der Waals surface area contributed by atoms with Crippen molar-refractivity contribution in [3.63, 3.8) is 0 Å². The number of hydrogen-bond acceptors (Lipinski definition) is 6. The van der Waals surface area contributed by atoms with Crippen molar-refractivity contribution >= 4 is 15.8 Å². The van der Waals surface area contributed by atoms with Crippen LogP contribution in [0.5, 0.6) is 0 Å². The van der Waals surface area contributed by atoms with Gasteiger partial charge in [-0.15, -0.1) is 10.2 Å². The molecule has 0 aliphatic heterocycles. The standard InChI is InChI=1S/C16H12N2O5S/c1-24(21,22)13-8-6-11(7-9-13)15-18-17-14(23-15)10-2-4-12(5-3-10)16(19)20/h2-9H,1H3,(H,19,20).